The third-order valence-electron chi connectivity index (χ3n) is 3.08. The lowest BCUT2D eigenvalue weighted by molar-refractivity contribution is -0.150. The summed E-state index contributed by atoms with van der Waals surface area (Å²) in [7, 11) is 0. The molecule has 0 amide bonds. The topological polar surface area (TPSA) is 176 Å². The quantitative estimate of drug-likeness (QED) is 0.445. The lowest BCUT2D eigenvalue weighted by Crippen LogP contribution is -2.51. The van der Waals surface area contributed by atoms with E-state index in [0.29, 0.717) is 11.8 Å². The molecule has 1 aliphatic heterocycles. The van der Waals surface area contributed by atoms with Crippen molar-refractivity contribution in [2.75, 3.05) is 13.1 Å². The number of nitrogens with zero attached hydrogens (tertiary/aromatic N) is 2. The van der Waals surface area contributed by atoms with Crippen LogP contribution < -0.4 is 0 Å². The molecule has 0 fully saturated rings. The zero-order valence-corrected chi connectivity index (χ0v) is 12.3. The standard InChI is InChI=1S/C12H12N2O8S/c13-5-12(11(21)22)6(1-7(15)16)4-23-10(12)14(2-8(17)18)3-9(19)20/h4,10H,1-3H2,(H,15,16)(H,17,18)(H,19,20)(H,21,22). The molecular formula is C12H12N2O8S. The smallest absolute Gasteiger partial charge is 0.330 e. The highest BCUT2D eigenvalue weighted by atomic mass is 32.2. The van der Waals surface area contributed by atoms with E-state index in [1.165, 1.54) is 6.07 Å². The van der Waals surface area contributed by atoms with Crippen molar-refractivity contribution in [1.29, 1.82) is 5.26 Å². The fourth-order valence-electron chi connectivity index (χ4n) is 2.19. The molecule has 0 aliphatic carbocycles. The summed E-state index contributed by atoms with van der Waals surface area (Å²) in [5.41, 5.74) is -2.57. The summed E-state index contributed by atoms with van der Waals surface area (Å²) in [5.74, 6) is -5.84. The van der Waals surface area contributed by atoms with Crippen molar-refractivity contribution in [3.63, 3.8) is 0 Å². The van der Waals surface area contributed by atoms with Crippen LogP contribution in [0.25, 0.3) is 0 Å². The van der Waals surface area contributed by atoms with Gasteiger partial charge in [0.05, 0.1) is 31.0 Å². The Morgan fingerprint density at radius 2 is 1.65 bits per heavy atom. The van der Waals surface area contributed by atoms with Crippen LogP contribution in [0.2, 0.25) is 0 Å². The summed E-state index contributed by atoms with van der Waals surface area (Å²) >= 11 is 0.715. The average Bonchev–Trinajstić information content (AvgIpc) is 2.75. The van der Waals surface area contributed by atoms with Crippen LogP contribution >= 0.6 is 11.8 Å². The first-order valence-corrected chi connectivity index (χ1v) is 6.98. The van der Waals surface area contributed by atoms with Gasteiger partial charge in [0.25, 0.3) is 0 Å². The molecule has 0 aromatic heterocycles. The minimum atomic E-state index is -2.34. The fourth-order valence-corrected chi connectivity index (χ4v) is 3.58. The van der Waals surface area contributed by atoms with Crippen LogP contribution in [0.15, 0.2) is 11.0 Å². The van der Waals surface area contributed by atoms with Crippen LogP contribution in [0.3, 0.4) is 0 Å². The first-order chi connectivity index (χ1) is 10.6. The molecule has 124 valence electrons. The van der Waals surface area contributed by atoms with Gasteiger partial charge in [-0.3, -0.25) is 24.1 Å². The van der Waals surface area contributed by atoms with E-state index in [-0.39, 0.29) is 5.57 Å². The van der Waals surface area contributed by atoms with Gasteiger partial charge in [-0.1, -0.05) is 0 Å². The second kappa shape index (κ2) is 7.12. The van der Waals surface area contributed by atoms with Crippen LogP contribution in [0.4, 0.5) is 0 Å². The summed E-state index contributed by atoms with van der Waals surface area (Å²) in [6.07, 6.45) is -0.725. The van der Waals surface area contributed by atoms with Gasteiger partial charge in [-0.25, -0.2) is 0 Å². The number of carboxylic acid groups (broad SMARTS) is 4. The number of thioether (sulfide) groups is 1. The van der Waals surface area contributed by atoms with Gasteiger partial charge in [-0.15, -0.1) is 11.8 Å². The van der Waals surface area contributed by atoms with Gasteiger partial charge in [0.15, 0.2) is 0 Å². The van der Waals surface area contributed by atoms with Gasteiger partial charge in [-0.2, -0.15) is 5.26 Å². The Balaban J connectivity index is 3.30. The maximum atomic E-state index is 11.6. The predicted octanol–water partition coefficient (Wildman–Crippen LogP) is -0.516. The van der Waals surface area contributed by atoms with Crippen molar-refractivity contribution < 1.29 is 39.6 Å². The number of nitriles is 1. The molecule has 0 spiro atoms. The van der Waals surface area contributed by atoms with Crippen molar-refractivity contribution >= 4 is 35.6 Å². The van der Waals surface area contributed by atoms with E-state index >= 15 is 0 Å². The van der Waals surface area contributed by atoms with Gasteiger partial charge in [0.2, 0.25) is 5.41 Å². The van der Waals surface area contributed by atoms with Crippen LogP contribution in [-0.4, -0.2) is 67.7 Å². The normalized spacial score (nSPS) is 23.1. The van der Waals surface area contributed by atoms with Crippen molar-refractivity contribution in [2.45, 2.75) is 11.8 Å². The molecule has 4 N–H and O–H groups in total. The largest absolute Gasteiger partial charge is 0.481 e. The first kappa shape index (κ1) is 18.5. The van der Waals surface area contributed by atoms with Gasteiger partial charge in [0, 0.05) is 0 Å². The van der Waals surface area contributed by atoms with Crippen molar-refractivity contribution in [2.24, 2.45) is 5.41 Å². The number of carboxylic acids is 4. The first-order valence-electron chi connectivity index (χ1n) is 6.04. The minimum Gasteiger partial charge on any atom is -0.481 e. The number of hydrogen-bond acceptors (Lipinski definition) is 7. The van der Waals surface area contributed by atoms with E-state index in [1.54, 1.807) is 0 Å². The fraction of sp³-hybridized carbons (Fsp3) is 0.417. The molecule has 2 atom stereocenters. The Morgan fingerprint density at radius 1 is 1.13 bits per heavy atom. The lowest BCUT2D eigenvalue weighted by Gasteiger charge is -2.33. The van der Waals surface area contributed by atoms with E-state index in [1.807, 2.05) is 0 Å². The van der Waals surface area contributed by atoms with Crippen LogP contribution in [-0.2, 0) is 19.2 Å². The second-order valence-electron chi connectivity index (χ2n) is 4.62. The Hall–Kier alpha value is -2.58. The molecule has 1 aliphatic rings. The summed E-state index contributed by atoms with van der Waals surface area (Å²) in [6.45, 7) is -1.62. The Bertz CT molecular complexity index is 609. The van der Waals surface area contributed by atoms with E-state index in [9.17, 15) is 29.5 Å². The lowest BCUT2D eigenvalue weighted by atomic mass is 9.79. The zero-order chi connectivity index (χ0) is 17.8. The SMILES string of the molecule is N#CC1(C(=O)O)C(CC(=O)O)=CSC1N(CC(=O)O)CC(=O)O. The summed E-state index contributed by atoms with van der Waals surface area (Å²) in [4.78, 5) is 45.1. The third-order valence-corrected chi connectivity index (χ3v) is 4.41. The van der Waals surface area contributed by atoms with Crippen LogP contribution in [0, 0.1) is 16.7 Å². The third kappa shape index (κ3) is 3.79. The minimum absolute atomic E-state index is 0.226. The second-order valence-corrected chi connectivity index (χ2v) is 5.57. The molecule has 1 rings (SSSR count). The van der Waals surface area contributed by atoms with Crippen LogP contribution in [0.1, 0.15) is 6.42 Å². The molecule has 0 aromatic rings. The molecule has 0 aromatic carbocycles. The maximum Gasteiger partial charge on any atom is 0.330 e. The van der Waals surface area contributed by atoms with E-state index in [4.69, 9.17) is 15.3 Å². The molecule has 0 saturated carbocycles. The van der Waals surface area contributed by atoms with Gasteiger partial charge in [-0.05, 0) is 11.0 Å². The molecule has 11 heteroatoms. The van der Waals surface area contributed by atoms with Crippen molar-refractivity contribution in [3.05, 3.63) is 11.0 Å². The maximum absolute atomic E-state index is 11.6. The van der Waals surface area contributed by atoms with E-state index < -0.39 is 54.2 Å². The van der Waals surface area contributed by atoms with Gasteiger partial charge < -0.3 is 20.4 Å². The molecule has 2 unspecified atom stereocenters. The molecule has 0 radical (unpaired) electrons. The zero-order valence-electron chi connectivity index (χ0n) is 11.5. The predicted molar refractivity (Wildman–Crippen MR) is 74.2 cm³/mol. The molecule has 0 bridgehead atoms. The number of hydrogen-bond donors (Lipinski definition) is 4. The molecule has 1 heterocycles. The average molecular weight is 344 g/mol. The molecule has 0 saturated heterocycles. The monoisotopic (exact) mass is 344 g/mol. The Labute approximate surface area is 133 Å². The summed E-state index contributed by atoms with van der Waals surface area (Å²) in [5, 5.41) is 45.2. The molecule has 10 nitrogen and oxygen atoms in total. The number of rotatable bonds is 8. The number of carbonyl (C=O) groups is 4. The Kier molecular flexibility index (Phi) is 5.72. The van der Waals surface area contributed by atoms with E-state index in [2.05, 4.69) is 0 Å². The van der Waals surface area contributed by atoms with Crippen molar-refractivity contribution in [1.82, 2.24) is 4.90 Å². The van der Waals surface area contributed by atoms with E-state index in [0.717, 1.165) is 10.3 Å². The highest BCUT2D eigenvalue weighted by Crippen LogP contribution is 2.48. The van der Waals surface area contributed by atoms with Crippen LogP contribution in [0.5, 0.6) is 0 Å². The molecular weight excluding hydrogens is 332 g/mol. The van der Waals surface area contributed by atoms with Gasteiger partial charge in [0.1, 0.15) is 0 Å². The highest BCUT2D eigenvalue weighted by Gasteiger charge is 2.56. The summed E-state index contributed by atoms with van der Waals surface area (Å²) < 4.78 is 0. The number of aliphatic carboxylic acids is 4. The Morgan fingerprint density at radius 3 is 2.00 bits per heavy atom. The summed E-state index contributed by atoms with van der Waals surface area (Å²) in [6, 6.07) is 1.53. The molecule has 23 heavy (non-hydrogen) atoms. The highest BCUT2D eigenvalue weighted by molar-refractivity contribution is 8.03. The van der Waals surface area contributed by atoms with Crippen molar-refractivity contribution in [3.8, 4) is 6.07 Å². The van der Waals surface area contributed by atoms with Gasteiger partial charge >= 0.3 is 23.9 Å².